The van der Waals surface area contributed by atoms with Crippen LogP contribution in [0.4, 0.5) is 0 Å². The fourth-order valence-electron chi connectivity index (χ4n) is 4.26. The molecular weight excluding hydrogens is 414 g/mol. The molecule has 0 aromatic heterocycles. The van der Waals surface area contributed by atoms with E-state index in [0.29, 0.717) is 31.0 Å². The van der Waals surface area contributed by atoms with Gasteiger partial charge in [-0.3, -0.25) is 9.59 Å². The molecule has 2 atom stereocenters. The summed E-state index contributed by atoms with van der Waals surface area (Å²) in [7, 11) is -2.09. The molecule has 3 heterocycles. The fraction of sp³-hybridized carbons (Fsp3) is 0.579. The molecule has 0 spiro atoms. The monoisotopic (exact) mass is 439 g/mol. The molecule has 0 aliphatic carbocycles. The van der Waals surface area contributed by atoms with E-state index in [2.05, 4.69) is 0 Å². The molecule has 3 aliphatic heterocycles. The lowest BCUT2D eigenvalue weighted by Gasteiger charge is -2.37. The largest absolute Gasteiger partial charge is 0.497 e. The highest BCUT2D eigenvalue weighted by atomic mass is 32.2. The Bertz CT molecular complexity index is 912. The van der Waals surface area contributed by atoms with Crippen LogP contribution >= 0.6 is 11.8 Å². The predicted molar refractivity (Wildman–Crippen MR) is 109 cm³/mol. The van der Waals surface area contributed by atoms with Crippen molar-refractivity contribution >= 4 is 33.6 Å². The molecule has 158 valence electrons. The normalized spacial score (nSPS) is 27.9. The van der Waals surface area contributed by atoms with Crippen molar-refractivity contribution in [3.8, 4) is 5.75 Å². The van der Waals surface area contributed by atoms with Crippen LogP contribution in [0.5, 0.6) is 5.75 Å². The summed E-state index contributed by atoms with van der Waals surface area (Å²) in [6, 6.07) is 5.86. The molecule has 2 unspecified atom stereocenters. The first-order valence-corrected chi connectivity index (χ1v) is 12.1. The molecule has 10 heteroatoms. The van der Waals surface area contributed by atoms with Gasteiger partial charge in [0.2, 0.25) is 21.8 Å². The number of carbonyl (C=O) groups excluding carboxylic acids is 2. The summed E-state index contributed by atoms with van der Waals surface area (Å²) in [5.41, 5.74) is 0. The number of nitrogens with zero attached hydrogens (tertiary/aromatic N) is 3. The number of piperazine rings is 1. The van der Waals surface area contributed by atoms with Crippen molar-refractivity contribution < 1.29 is 22.7 Å². The third-order valence-electron chi connectivity index (χ3n) is 5.98. The number of benzene rings is 1. The van der Waals surface area contributed by atoms with Crippen LogP contribution in [0.2, 0.25) is 0 Å². The molecule has 0 saturated carbocycles. The van der Waals surface area contributed by atoms with E-state index >= 15 is 0 Å². The van der Waals surface area contributed by atoms with Gasteiger partial charge in [-0.05, 0) is 37.6 Å². The Labute approximate surface area is 175 Å². The van der Waals surface area contributed by atoms with Gasteiger partial charge in [-0.2, -0.15) is 4.31 Å². The van der Waals surface area contributed by atoms with E-state index in [0.717, 1.165) is 6.42 Å². The van der Waals surface area contributed by atoms with E-state index < -0.39 is 16.1 Å². The molecule has 2 amide bonds. The zero-order chi connectivity index (χ0) is 20.8. The van der Waals surface area contributed by atoms with Crippen molar-refractivity contribution in [2.75, 3.05) is 39.0 Å². The molecule has 3 saturated heterocycles. The van der Waals surface area contributed by atoms with Gasteiger partial charge in [-0.15, -0.1) is 11.8 Å². The smallest absolute Gasteiger partial charge is 0.246 e. The van der Waals surface area contributed by atoms with Gasteiger partial charge in [-0.25, -0.2) is 8.42 Å². The Kier molecular flexibility index (Phi) is 5.28. The number of sulfonamides is 1. The SMILES string of the molecule is COc1ccc(S(=O)(=O)N2CCN(C(=O)C3CSC4(C)CCC(=O)N34)CC2)cc1. The number of hydrogen-bond acceptors (Lipinski definition) is 6. The fourth-order valence-corrected chi connectivity index (χ4v) is 7.11. The first-order valence-electron chi connectivity index (χ1n) is 9.65. The Balaban J connectivity index is 1.41. The second-order valence-corrected chi connectivity index (χ2v) is 11.1. The van der Waals surface area contributed by atoms with Gasteiger partial charge in [0.15, 0.2) is 0 Å². The van der Waals surface area contributed by atoms with Gasteiger partial charge in [0.05, 0.1) is 16.9 Å². The summed E-state index contributed by atoms with van der Waals surface area (Å²) in [5, 5.41) is 0. The minimum Gasteiger partial charge on any atom is -0.497 e. The Morgan fingerprint density at radius 1 is 1.17 bits per heavy atom. The van der Waals surface area contributed by atoms with Crippen LogP contribution in [0.3, 0.4) is 0 Å². The zero-order valence-corrected chi connectivity index (χ0v) is 18.2. The van der Waals surface area contributed by atoms with Crippen LogP contribution in [-0.2, 0) is 19.6 Å². The first kappa shape index (κ1) is 20.5. The van der Waals surface area contributed by atoms with E-state index in [1.54, 1.807) is 33.7 Å². The van der Waals surface area contributed by atoms with E-state index in [4.69, 9.17) is 4.74 Å². The summed E-state index contributed by atoms with van der Waals surface area (Å²) in [5.74, 6) is 1.16. The van der Waals surface area contributed by atoms with Crippen molar-refractivity contribution in [3.05, 3.63) is 24.3 Å². The molecule has 8 nitrogen and oxygen atoms in total. The number of thioether (sulfide) groups is 1. The number of hydrogen-bond donors (Lipinski definition) is 0. The Morgan fingerprint density at radius 2 is 1.83 bits per heavy atom. The number of methoxy groups -OCH3 is 1. The molecule has 0 bridgehead atoms. The maximum absolute atomic E-state index is 13.1. The second kappa shape index (κ2) is 7.48. The zero-order valence-electron chi connectivity index (χ0n) is 16.5. The first-order chi connectivity index (χ1) is 13.8. The predicted octanol–water partition coefficient (Wildman–Crippen LogP) is 0.982. The number of rotatable bonds is 4. The Morgan fingerprint density at radius 3 is 2.45 bits per heavy atom. The maximum Gasteiger partial charge on any atom is 0.246 e. The number of ether oxygens (including phenoxy) is 1. The minimum absolute atomic E-state index is 0.0385. The van der Waals surface area contributed by atoms with Crippen molar-refractivity contribution in [3.63, 3.8) is 0 Å². The third-order valence-corrected chi connectivity index (χ3v) is 9.40. The average molecular weight is 440 g/mol. The van der Waals surface area contributed by atoms with E-state index in [1.807, 2.05) is 6.92 Å². The quantitative estimate of drug-likeness (QED) is 0.695. The van der Waals surface area contributed by atoms with Gasteiger partial charge >= 0.3 is 0 Å². The standard InChI is InChI=1S/C19H25N3O5S2/c1-19-8-7-17(23)22(19)16(13-28-19)18(24)20-9-11-21(12-10-20)29(25,26)15-5-3-14(27-2)4-6-15/h3-6,16H,7-13H2,1-2H3. The molecule has 4 rings (SSSR count). The molecule has 1 aromatic carbocycles. The van der Waals surface area contributed by atoms with E-state index in [1.165, 1.54) is 23.5 Å². The highest BCUT2D eigenvalue weighted by Gasteiger charge is 2.53. The summed E-state index contributed by atoms with van der Waals surface area (Å²) in [6.45, 7) is 3.16. The van der Waals surface area contributed by atoms with E-state index in [-0.39, 0.29) is 34.7 Å². The molecule has 29 heavy (non-hydrogen) atoms. The van der Waals surface area contributed by atoms with Gasteiger partial charge in [0, 0.05) is 38.4 Å². The summed E-state index contributed by atoms with van der Waals surface area (Å²) in [4.78, 5) is 28.7. The topological polar surface area (TPSA) is 87.2 Å². The highest BCUT2D eigenvalue weighted by Crippen LogP contribution is 2.47. The van der Waals surface area contributed by atoms with Crippen LogP contribution in [0, 0.1) is 0 Å². The number of carbonyl (C=O) groups is 2. The lowest BCUT2D eigenvalue weighted by molar-refractivity contribution is -0.144. The van der Waals surface area contributed by atoms with Crippen molar-refractivity contribution in [2.45, 2.75) is 35.6 Å². The number of amides is 2. The summed E-state index contributed by atoms with van der Waals surface area (Å²) < 4.78 is 32.2. The molecule has 0 N–H and O–H groups in total. The Hall–Kier alpha value is -1.78. The molecule has 0 radical (unpaired) electrons. The molecule has 3 fully saturated rings. The van der Waals surface area contributed by atoms with Crippen molar-refractivity contribution in [2.24, 2.45) is 0 Å². The minimum atomic E-state index is -3.62. The third kappa shape index (κ3) is 3.51. The second-order valence-electron chi connectivity index (χ2n) is 7.67. The van der Waals surface area contributed by atoms with Crippen LogP contribution in [0.1, 0.15) is 19.8 Å². The van der Waals surface area contributed by atoms with Crippen LogP contribution < -0.4 is 4.74 Å². The molecular formula is C19H25N3O5S2. The van der Waals surface area contributed by atoms with Gasteiger partial charge in [0.1, 0.15) is 11.8 Å². The van der Waals surface area contributed by atoms with Crippen LogP contribution in [0.15, 0.2) is 29.2 Å². The van der Waals surface area contributed by atoms with Gasteiger partial charge in [0.25, 0.3) is 0 Å². The molecule has 1 aromatic rings. The van der Waals surface area contributed by atoms with Crippen molar-refractivity contribution in [1.82, 2.24) is 14.1 Å². The average Bonchev–Trinajstić information content (AvgIpc) is 3.23. The maximum atomic E-state index is 13.1. The van der Waals surface area contributed by atoms with Crippen LogP contribution in [0.25, 0.3) is 0 Å². The van der Waals surface area contributed by atoms with Crippen LogP contribution in [-0.4, -0.2) is 84.3 Å². The summed E-state index contributed by atoms with van der Waals surface area (Å²) >= 11 is 1.67. The van der Waals surface area contributed by atoms with Crippen molar-refractivity contribution in [1.29, 1.82) is 0 Å². The summed E-state index contributed by atoms with van der Waals surface area (Å²) in [6.07, 6.45) is 1.26. The lowest BCUT2D eigenvalue weighted by Crippen LogP contribution is -2.56. The number of fused-ring (bicyclic) bond motifs is 1. The van der Waals surface area contributed by atoms with E-state index in [9.17, 15) is 18.0 Å². The molecule has 3 aliphatic rings. The van der Waals surface area contributed by atoms with Gasteiger partial charge in [-0.1, -0.05) is 0 Å². The lowest BCUT2D eigenvalue weighted by atomic mass is 10.2. The highest BCUT2D eigenvalue weighted by molar-refractivity contribution is 8.01. The van der Waals surface area contributed by atoms with Gasteiger partial charge < -0.3 is 14.5 Å².